The molecule has 4 aromatic rings. The van der Waals surface area contributed by atoms with Gasteiger partial charge in [0.05, 0.1) is 11.1 Å². The summed E-state index contributed by atoms with van der Waals surface area (Å²) < 4.78 is 41.8. The van der Waals surface area contributed by atoms with Gasteiger partial charge in [0.1, 0.15) is 5.82 Å². The number of Topliss-reactive ketones (excluding diaryl/α,β-unsaturated/α-hetero) is 1. The number of rotatable bonds is 5. The number of nitrogens with zero attached hydrogens (tertiary/aromatic N) is 3. The van der Waals surface area contributed by atoms with Gasteiger partial charge in [0, 0.05) is 72.3 Å². The summed E-state index contributed by atoms with van der Waals surface area (Å²) in [4.78, 5) is 21.3. The highest BCUT2D eigenvalue weighted by molar-refractivity contribution is 6.31. The first-order valence-electron chi connectivity index (χ1n) is 13.2. The fourth-order valence-corrected chi connectivity index (χ4v) is 5.05. The van der Waals surface area contributed by atoms with Gasteiger partial charge in [-0.2, -0.15) is 13.2 Å². The van der Waals surface area contributed by atoms with Crippen LogP contribution in [0, 0.1) is 11.8 Å². The van der Waals surface area contributed by atoms with E-state index in [9.17, 15) is 18.0 Å². The number of anilines is 1. The Labute approximate surface area is 241 Å². The molecular weight excluding hydrogens is 549 g/mol. The minimum Gasteiger partial charge on any atom is -0.383 e. The zero-order chi connectivity index (χ0) is 29.1. The van der Waals surface area contributed by atoms with Crippen LogP contribution in [0.2, 0.25) is 5.02 Å². The number of hydrogen-bond donors (Lipinski definition) is 1. The second-order valence-corrected chi connectivity index (χ2v) is 10.7. The number of pyridine rings is 1. The standard InChI is InChI=1S/C32H28ClF3N4O/c1-39-12-14-40(15-13-39)20-25-8-4-22(16-29(25)32(34,35)36)17-30(41)23-6-2-21(3-7-23)5-11-27-28-18-26(33)10-9-24(28)19-38-31(27)37/h2-4,6-10,16,18-19H,12-15,17,20H2,1H3,(H2,37,38). The summed E-state index contributed by atoms with van der Waals surface area (Å²) in [6.07, 6.45) is -2.98. The van der Waals surface area contributed by atoms with Crippen LogP contribution in [0.5, 0.6) is 0 Å². The fourth-order valence-electron chi connectivity index (χ4n) is 4.87. The van der Waals surface area contributed by atoms with Gasteiger partial charge in [-0.25, -0.2) is 4.98 Å². The first-order valence-corrected chi connectivity index (χ1v) is 13.5. The Morgan fingerprint density at radius 3 is 2.44 bits per heavy atom. The Kier molecular flexibility index (Phi) is 8.32. The van der Waals surface area contributed by atoms with Crippen molar-refractivity contribution in [3.05, 3.63) is 105 Å². The molecule has 1 aliphatic rings. The average molecular weight is 577 g/mol. The lowest BCUT2D eigenvalue weighted by Gasteiger charge is -2.33. The molecule has 0 unspecified atom stereocenters. The van der Waals surface area contributed by atoms with Gasteiger partial charge >= 0.3 is 6.18 Å². The molecule has 210 valence electrons. The average Bonchev–Trinajstić information content (AvgIpc) is 2.94. The van der Waals surface area contributed by atoms with Crippen molar-refractivity contribution < 1.29 is 18.0 Å². The highest BCUT2D eigenvalue weighted by atomic mass is 35.5. The maximum absolute atomic E-state index is 13.9. The molecule has 1 aromatic heterocycles. The number of ketones is 1. The summed E-state index contributed by atoms with van der Waals surface area (Å²) in [6, 6.07) is 16.3. The highest BCUT2D eigenvalue weighted by Crippen LogP contribution is 2.34. The zero-order valence-electron chi connectivity index (χ0n) is 22.4. The van der Waals surface area contributed by atoms with E-state index in [2.05, 4.69) is 21.7 Å². The van der Waals surface area contributed by atoms with Gasteiger partial charge in [-0.3, -0.25) is 9.69 Å². The summed E-state index contributed by atoms with van der Waals surface area (Å²) in [5.41, 5.74) is 7.52. The molecule has 3 aromatic carbocycles. The van der Waals surface area contributed by atoms with E-state index in [0.717, 1.165) is 43.0 Å². The predicted octanol–water partition coefficient (Wildman–Crippen LogP) is 6.06. The Morgan fingerprint density at radius 2 is 1.73 bits per heavy atom. The van der Waals surface area contributed by atoms with E-state index >= 15 is 0 Å². The first-order chi connectivity index (χ1) is 19.6. The predicted molar refractivity (Wildman–Crippen MR) is 156 cm³/mol. The molecule has 41 heavy (non-hydrogen) atoms. The van der Waals surface area contributed by atoms with Crippen LogP contribution >= 0.6 is 11.6 Å². The molecule has 1 aliphatic heterocycles. The summed E-state index contributed by atoms with van der Waals surface area (Å²) in [5, 5.41) is 2.20. The van der Waals surface area contributed by atoms with E-state index in [1.807, 2.05) is 18.0 Å². The molecule has 1 saturated heterocycles. The third-order valence-corrected chi connectivity index (χ3v) is 7.49. The number of carbonyl (C=O) groups excluding carboxylic acids is 1. The second kappa shape index (κ2) is 11.9. The molecule has 0 bridgehead atoms. The summed E-state index contributed by atoms with van der Waals surface area (Å²) in [6.45, 7) is 3.31. The third kappa shape index (κ3) is 6.88. The number of benzene rings is 3. The maximum atomic E-state index is 13.9. The van der Waals surface area contributed by atoms with E-state index in [0.29, 0.717) is 27.3 Å². The molecule has 5 nitrogen and oxygen atoms in total. The lowest BCUT2D eigenvalue weighted by atomic mass is 9.97. The number of fused-ring (bicyclic) bond motifs is 1. The number of carbonyl (C=O) groups is 1. The zero-order valence-corrected chi connectivity index (χ0v) is 23.2. The highest BCUT2D eigenvalue weighted by Gasteiger charge is 2.34. The van der Waals surface area contributed by atoms with Crippen LogP contribution in [0.3, 0.4) is 0 Å². The molecule has 5 rings (SSSR count). The number of halogens is 4. The van der Waals surface area contributed by atoms with Gasteiger partial charge in [-0.1, -0.05) is 53.8 Å². The van der Waals surface area contributed by atoms with Crippen LogP contribution in [0.25, 0.3) is 10.8 Å². The maximum Gasteiger partial charge on any atom is 0.416 e. The minimum atomic E-state index is -4.50. The number of hydrogen-bond acceptors (Lipinski definition) is 5. The molecular formula is C32H28ClF3N4O. The van der Waals surface area contributed by atoms with Gasteiger partial charge in [0.2, 0.25) is 0 Å². The van der Waals surface area contributed by atoms with Crippen molar-refractivity contribution >= 4 is 34.0 Å². The number of nitrogens with two attached hydrogens (primary N) is 1. The van der Waals surface area contributed by atoms with Crippen molar-refractivity contribution in [3.63, 3.8) is 0 Å². The van der Waals surface area contributed by atoms with Crippen molar-refractivity contribution in [3.8, 4) is 11.8 Å². The van der Waals surface area contributed by atoms with Gasteiger partial charge in [0.15, 0.2) is 5.78 Å². The van der Waals surface area contributed by atoms with Crippen molar-refractivity contribution in [1.29, 1.82) is 0 Å². The number of alkyl halides is 3. The Balaban J connectivity index is 1.31. The van der Waals surface area contributed by atoms with Gasteiger partial charge in [-0.05, 0) is 48.5 Å². The minimum absolute atomic E-state index is 0.137. The number of likely N-dealkylation sites (N-methyl/N-ethyl adjacent to an activating group) is 1. The summed E-state index contributed by atoms with van der Waals surface area (Å²) in [5.74, 6) is 6.10. The molecule has 0 atom stereocenters. The van der Waals surface area contributed by atoms with Gasteiger partial charge in [0.25, 0.3) is 0 Å². The van der Waals surface area contributed by atoms with E-state index in [4.69, 9.17) is 17.3 Å². The Hall–Kier alpha value is -3.90. The Bertz CT molecular complexity index is 1650. The van der Waals surface area contributed by atoms with Crippen LogP contribution in [-0.2, 0) is 19.1 Å². The smallest absolute Gasteiger partial charge is 0.383 e. The molecule has 0 saturated carbocycles. The quantitative estimate of drug-likeness (QED) is 0.231. The largest absolute Gasteiger partial charge is 0.416 e. The lowest BCUT2D eigenvalue weighted by molar-refractivity contribution is -0.138. The monoisotopic (exact) mass is 576 g/mol. The summed E-state index contributed by atoms with van der Waals surface area (Å²) in [7, 11) is 2.00. The molecule has 2 N–H and O–H groups in total. The van der Waals surface area contributed by atoms with Gasteiger partial charge < -0.3 is 10.6 Å². The fraction of sp³-hybridized carbons (Fsp3) is 0.250. The SMILES string of the molecule is CN1CCN(Cc2ccc(CC(=O)c3ccc(C#Cc4c(N)ncc5ccc(Cl)cc45)cc3)cc2C(F)(F)F)CC1. The molecule has 0 radical (unpaired) electrons. The lowest BCUT2D eigenvalue weighted by Crippen LogP contribution is -2.44. The third-order valence-electron chi connectivity index (χ3n) is 7.26. The van der Waals surface area contributed by atoms with Crippen molar-refractivity contribution in [2.45, 2.75) is 19.1 Å². The van der Waals surface area contributed by atoms with Crippen LogP contribution < -0.4 is 5.73 Å². The summed E-state index contributed by atoms with van der Waals surface area (Å²) >= 11 is 6.15. The van der Waals surface area contributed by atoms with Crippen molar-refractivity contribution in [2.24, 2.45) is 0 Å². The molecule has 9 heteroatoms. The first kappa shape index (κ1) is 28.6. The molecule has 0 aliphatic carbocycles. The van der Waals surface area contributed by atoms with Crippen LogP contribution in [0.1, 0.15) is 38.2 Å². The second-order valence-electron chi connectivity index (χ2n) is 10.2. The van der Waals surface area contributed by atoms with E-state index in [1.54, 1.807) is 48.7 Å². The van der Waals surface area contributed by atoms with Crippen LogP contribution in [-0.4, -0.2) is 53.8 Å². The molecule has 0 amide bonds. The normalized spacial score (nSPS) is 14.6. The van der Waals surface area contributed by atoms with Gasteiger partial charge in [-0.15, -0.1) is 0 Å². The molecule has 2 heterocycles. The van der Waals surface area contributed by atoms with E-state index in [1.165, 1.54) is 6.07 Å². The molecule has 1 fully saturated rings. The van der Waals surface area contributed by atoms with E-state index < -0.39 is 11.7 Å². The van der Waals surface area contributed by atoms with Crippen molar-refractivity contribution in [2.75, 3.05) is 39.0 Å². The van der Waals surface area contributed by atoms with E-state index in [-0.39, 0.29) is 30.1 Å². The number of nitrogen functional groups attached to an aromatic ring is 1. The number of piperazine rings is 1. The van der Waals surface area contributed by atoms with Crippen molar-refractivity contribution in [1.82, 2.24) is 14.8 Å². The van der Waals surface area contributed by atoms with Crippen LogP contribution in [0.4, 0.5) is 19.0 Å². The topological polar surface area (TPSA) is 62.5 Å². The molecule has 0 spiro atoms. The Morgan fingerprint density at radius 1 is 1.00 bits per heavy atom. The van der Waals surface area contributed by atoms with Crippen LogP contribution in [0.15, 0.2) is 66.9 Å². The number of aromatic nitrogens is 1.